The number of nitrogens with zero attached hydrogens (tertiary/aromatic N) is 2. The summed E-state index contributed by atoms with van der Waals surface area (Å²) in [7, 11) is 2.18. The molecule has 1 fully saturated rings. The number of hydrogen-bond donors (Lipinski definition) is 0. The van der Waals surface area contributed by atoms with Crippen LogP contribution in [0.1, 0.15) is 38.2 Å². The maximum Gasteiger partial charge on any atom is 0.222 e. The van der Waals surface area contributed by atoms with Crippen molar-refractivity contribution in [3.05, 3.63) is 29.8 Å². The zero-order valence-corrected chi connectivity index (χ0v) is 12.6. The second-order valence-corrected chi connectivity index (χ2v) is 6.28. The highest BCUT2D eigenvalue weighted by molar-refractivity contribution is 5.76. The Balaban J connectivity index is 1.77. The lowest BCUT2D eigenvalue weighted by atomic mass is 9.74. The van der Waals surface area contributed by atoms with Crippen molar-refractivity contribution < 1.29 is 4.79 Å². The van der Waals surface area contributed by atoms with Gasteiger partial charge in [0.15, 0.2) is 0 Å². The smallest absolute Gasteiger partial charge is 0.222 e. The molecule has 0 radical (unpaired) electrons. The SMILES string of the molecule is CCCC(=O)N1CCC2(CC1)CN(C)c1ccccc12. The van der Waals surface area contributed by atoms with Crippen LogP contribution in [0.15, 0.2) is 24.3 Å². The van der Waals surface area contributed by atoms with Gasteiger partial charge in [0.2, 0.25) is 5.91 Å². The van der Waals surface area contributed by atoms with Crippen LogP contribution in [0.5, 0.6) is 0 Å². The molecule has 0 unspecified atom stereocenters. The summed E-state index contributed by atoms with van der Waals surface area (Å²) in [5.41, 5.74) is 3.14. The normalized spacial score (nSPS) is 20.3. The number of anilines is 1. The van der Waals surface area contributed by atoms with Crippen LogP contribution in [0.4, 0.5) is 5.69 Å². The third-order valence-electron chi connectivity index (χ3n) is 4.96. The molecular formula is C17H24N2O. The van der Waals surface area contributed by atoms with Gasteiger partial charge >= 0.3 is 0 Å². The van der Waals surface area contributed by atoms with Gasteiger partial charge in [0.1, 0.15) is 0 Å². The average Bonchev–Trinajstić information content (AvgIpc) is 2.74. The van der Waals surface area contributed by atoms with Crippen LogP contribution in [-0.2, 0) is 10.2 Å². The van der Waals surface area contributed by atoms with Crippen molar-refractivity contribution in [3.63, 3.8) is 0 Å². The van der Waals surface area contributed by atoms with E-state index in [-0.39, 0.29) is 5.41 Å². The van der Waals surface area contributed by atoms with Gasteiger partial charge in [0.25, 0.3) is 0 Å². The van der Waals surface area contributed by atoms with Crippen LogP contribution in [0.2, 0.25) is 0 Å². The number of hydrogen-bond acceptors (Lipinski definition) is 2. The summed E-state index contributed by atoms with van der Waals surface area (Å²) >= 11 is 0. The number of fused-ring (bicyclic) bond motifs is 2. The number of benzene rings is 1. The minimum atomic E-state index is 0.272. The molecular weight excluding hydrogens is 248 g/mol. The highest BCUT2D eigenvalue weighted by Crippen LogP contribution is 2.46. The predicted octanol–water partition coefficient (Wildman–Crippen LogP) is 2.80. The highest BCUT2D eigenvalue weighted by Gasteiger charge is 2.43. The number of likely N-dealkylation sites (tertiary alicyclic amines) is 1. The van der Waals surface area contributed by atoms with Crippen LogP contribution in [0.25, 0.3) is 0 Å². The highest BCUT2D eigenvalue weighted by atomic mass is 16.2. The van der Waals surface area contributed by atoms with Gasteiger partial charge in [-0.25, -0.2) is 0 Å². The largest absolute Gasteiger partial charge is 0.373 e. The molecule has 1 aromatic carbocycles. The molecule has 1 saturated heterocycles. The van der Waals surface area contributed by atoms with Crippen LogP contribution >= 0.6 is 0 Å². The summed E-state index contributed by atoms with van der Waals surface area (Å²) in [4.78, 5) is 16.5. The number of carbonyl (C=O) groups excluding carboxylic acids is 1. The molecule has 0 aromatic heterocycles. The first kappa shape index (κ1) is 13.5. The third-order valence-corrected chi connectivity index (χ3v) is 4.96. The van der Waals surface area contributed by atoms with Gasteiger partial charge in [-0.05, 0) is 30.9 Å². The molecule has 3 nitrogen and oxygen atoms in total. The number of amides is 1. The molecule has 3 rings (SSSR count). The van der Waals surface area contributed by atoms with E-state index in [1.54, 1.807) is 0 Å². The Hall–Kier alpha value is -1.51. The van der Waals surface area contributed by atoms with Crippen molar-refractivity contribution in [2.24, 2.45) is 0 Å². The Morgan fingerprint density at radius 1 is 1.25 bits per heavy atom. The molecule has 2 aliphatic heterocycles. The Morgan fingerprint density at radius 2 is 1.95 bits per heavy atom. The van der Waals surface area contributed by atoms with Gasteiger partial charge in [-0.3, -0.25) is 4.79 Å². The average molecular weight is 272 g/mol. The zero-order chi connectivity index (χ0) is 14.2. The molecule has 20 heavy (non-hydrogen) atoms. The maximum atomic E-state index is 12.0. The molecule has 2 heterocycles. The first-order chi connectivity index (χ1) is 9.66. The molecule has 0 aliphatic carbocycles. The van der Waals surface area contributed by atoms with E-state index in [1.165, 1.54) is 11.3 Å². The summed E-state index contributed by atoms with van der Waals surface area (Å²) in [6, 6.07) is 8.77. The number of likely N-dealkylation sites (N-methyl/N-ethyl adjacent to an activating group) is 1. The van der Waals surface area contributed by atoms with E-state index < -0.39 is 0 Å². The van der Waals surface area contributed by atoms with Crippen molar-refractivity contribution in [1.82, 2.24) is 4.90 Å². The van der Waals surface area contributed by atoms with Crippen molar-refractivity contribution >= 4 is 11.6 Å². The Labute approximate surface area is 121 Å². The van der Waals surface area contributed by atoms with Crippen LogP contribution < -0.4 is 4.90 Å². The molecule has 1 amide bonds. The zero-order valence-electron chi connectivity index (χ0n) is 12.6. The Morgan fingerprint density at radius 3 is 2.65 bits per heavy atom. The molecule has 3 heteroatoms. The van der Waals surface area contributed by atoms with Crippen LogP contribution in [0.3, 0.4) is 0 Å². The van der Waals surface area contributed by atoms with E-state index in [2.05, 4.69) is 48.0 Å². The summed E-state index contributed by atoms with van der Waals surface area (Å²) in [5, 5.41) is 0. The molecule has 2 aliphatic rings. The fourth-order valence-electron chi connectivity index (χ4n) is 3.86. The van der Waals surface area contributed by atoms with Gasteiger partial charge in [-0.1, -0.05) is 25.1 Å². The predicted molar refractivity (Wildman–Crippen MR) is 82.1 cm³/mol. The minimum absolute atomic E-state index is 0.272. The van der Waals surface area contributed by atoms with Crippen molar-refractivity contribution in [3.8, 4) is 0 Å². The Kier molecular flexibility index (Phi) is 3.45. The summed E-state index contributed by atoms with van der Waals surface area (Å²) < 4.78 is 0. The minimum Gasteiger partial charge on any atom is -0.373 e. The molecule has 1 aromatic rings. The molecule has 0 bridgehead atoms. The maximum absolute atomic E-state index is 12.0. The van der Waals surface area contributed by atoms with Crippen molar-refractivity contribution in [2.75, 3.05) is 31.6 Å². The monoisotopic (exact) mass is 272 g/mol. The summed E-state index contributed by atoms with van der Waals surface area (Å²) in [5.74, 6) is 0.335. The molecule has 1 spiro atoms. The lowest BCUT2D eigenvalue weighted by Gasteiger charge is -2.40. The summed E-state index contributed by atoms with van der Waals surface area (Å²) in [6.07, 6.45) is 3.85. The van der Waals surface area contributed by atoms with Gasteiger partial charge in [0, 0.05) is 44.2 Å². The first-order valence-electron chi connectivity index (χ1n) is 7.75. The molecule has 0 N–H and O–H groups in total. The lowest BCUT2D eigenvalue weighted by molar-refractivity contribution is -0.132. The number of carbonyl (C=O) groups is 1. The van der Waals surface area contributed by atoms with E-state index in [1.807, 2.05) is 0 Å². The van der Waals surface area contributed by atoms with Gasteiger partial charge in [-0.2, -0.15) is 0 Å². The second-order valence-electron chi connectivity index (χ2n) is 6.28. The van der Waals surface area contributed by atoms with Crippen molar-refractivity contribution in [2.45, 2.75) is 38.0 Å². The quantitative estimate of drug-likeness (QED) is 0.826. The van der Waals surface area contributed by atoms with Crippen LogP contribution in [-0.4, -0.2) is 37.5 Å². The molecule has 0 atom stereocenters. The number of piperidine rings is 1. The number of para-hydroxylation sites is 1. The van der Waals surface area contributed by atoms with E-state index >= 15 is 0 Å². The third kappa shape index (κ3) is 2.09. The second kappa shape index (κ2) is 5.12. The van der Waals surface area contributed by atoms with E-state index in [9.17, 15) is 4.79 Å². The Bertz CT molecular complexity index is 503. The van der Waals surface area contributed by atoms with E-state index in [4.69, 9.17) is 0 Å². The molecule has 108 valence electrons. The summed E-state index contributed by atoms with van der Waals surface area (Å²) in [6.45, 7) is 5.01. The van der Waals surface area contributed by atoms with E-state index in [0.29, 0.717) is 12.3 Å². The van der Waals surface area contributed by atoms with Gasteiger partial charge < -0.3 is 9.80 Å². The first-order valence-corrected chi connectivity index (χ1v) is 7.75. The van der Waals surface area contributed by atoms with Crippen LogP contribution in [0, 0.1) is 0 Å². The van der Waals surface area contributed by atoms with Gasteiger partial charge in [-0.15, -0.1) is 0 Å². The topological polar surface area (TPSA) is 23.6 Å². The lowest BCUT2D eigenvalue weighted by Crippen LogP contribution is -2.46. The van der Waals surface area contributed by atoms with E-state index in [0.717, 1.165) is 38.9 Å². The fraction of sp³-hybridized carbons (Fsp3) is 0.588. The fourth-order valence-corrected chi connectivity index (χ4v) is 3.86. The number of rotatable bonds is 2. The molecule has 0 saturated carbocycles. The van der Waals surface area contributed by atoms with Crippen molar-refractivity contribution in [1.29, 1.82) is 0 Å². The standard InChI is InChI=1S/C17H24N2O/c1-3-6-16(20)19-11-9-17(10-12-19)13-18(2)15-8-5-4-7-14(15)17/h4-5,7-8H,3,6,9-13H2,1-2H3. The van der Waals surface area contributed by atoms with Gasteiger partial charge in [0.05, 0.1) is 0 Å².